The van der Waals surface area contributed by atoms with Crippen molar-refractivity contribution < 1.29 is 0 Å². The van der Waals surface area contributed by atoms with Gasteiger partial charge in [0.1, 0.15) is 5.82 Å². The van der Waals surface area contributed by atoms with Gasteiger partial charge in [0.15, 0.2) is 0 Å². The first-order chi connectivity index (χ1) is 10.4. The minimum absolute atomic E-state index is 0.459. The van der Waals surface area contributed by atoms with Crippen molar-refractivity contribution >= 4 is 16.6 Å². The van der Waals surface area contributed by atoms with E-state index in [0.717, 1.165) is 18.2 Å². The van der Waals surface area contributed by atoms with Crippen molar-refractivity contribution in [3.05, 3.63) is 49.2 Å². The minimum Gasteiger partial charge on any atom is -0.366 e. The number of anilines is 1. The van der Waals surface area contributed by atoms with Crippen LogP contribution in [0.5, 0.6) is 0 Å². The molecule has 0 bridgehead atoms. The summed E-state index contributed by atoms with van der Waals surface area (Å²) in [6.45, 7) is 3.94. The Morgan fingerprint density at radius 2 is 2.00 bits per heavy atom. The molecular weight excluding hydrogens is 256 g/mol. The summed E-state index contributed by atoms with van der Waals surface area (Å²) in [4.78, 5) is 4.58. The van der Waals surface area contributed by atoms with Crippen LogP contribution in [-0.4, -0.2) is 11.0 Å². The third-order valence-electron chi connectivity index (χ3n) is 4.64. The molecule has 1 aromatic heterocycles. The predicted molar refractivity (Wildman–Crippen MR) is 90.5 cm³/mol. The number of rotatable bonds is 5. The van der Waals surface area contributed by atoms with Gasteiger partial charge in [0.2, 0.25) is 0 Å². The summed E-state index contributed by atoms with van der Waals surface area (Å²) >= 11 is 0. The van der Waals surface area contributed by atoms with Gasteiger partial charge in [0, 0.05) is 17.6 Å². The quantitative estimate of drug-likeness (QED) is 0.764. The number of hydrogen-bond acceptors (Lipinski definition) is 2. The molecule has 110 valence electrons. The maximum absolute atomic E-state index is 4.58. The van der Waals surface area contributed by atoms with E-state index in [-0.39, 0.29) is 0 Å². The standard InChI is InChI=1S/C19H24N2/c1-2-8-18(16-10-4-3-5-11-16)21-19-17-12-7-6-9-15(17)13-14-20-19/h2,6-7,9,12-14,16,18H,1,3-5,8,10-11H2,(H,20,21). The van der Waals surface area contributed by atoms with Gasteiger partial charge in [-0.15, -0.1) is 6.58 Å². The predicted octanol–water partition coefficient (Wildman–Crippen LogP) is 5.17. The van der Waals surface area contributed by atoms with Gasteiger partial charge in [-0.25, -0.2) is 4.98 Å². The molecule has 0 spiro atoms. The van der Waals surface area contributed by atoms with E-state index < -0.39 is 0 Å². The van der Waals surface area contributed by atoms with Crippen LogP contribution < -0.4 is 5.32 Å². The molecule has 1 N–H and O–H groups in total. The molecule has 1 aliphatic rings. The van der Waals surface area contributed by atoms with Crippen LogP contribution in [-0.2, 0) is 0 Å². The molecule has 0 saturated heterocycles. The highest BCUT2D eigenvalue weighted by Gasteiger charge is 2.23. The Hall–Kier alpha value is -1.83. The largest absolute Gasteiger partial charge is 0.366 e. The first kappa shape index (κ1) is 14.1. The van der Waals surface area contributed by atoms with E-state index in [1.807, 2.05) is 12.3 Å². The lowest BCUT2D eigenvalue weighted by Crippen LogP contribution is -2.30. The molecule has 1 heterocycles. The first-order valence-electron chi connectivity index (χ1n) is 8.09. The lowest BCUT2D eigenvalue weighted by atomic mass is 9.82. The highest BCUT2D eigenvalue weighted by Crippen LogP contribution is 2.31. The second-order valence-corrected chi connectivity index (χ2v) is 6.05. The van der Waals surface area contributed by atoms with Crippen molar-refractivity contribution in [2.45, 2.75) is 44.6 Å². The van der Waals surface area contributed by atoms with Gasteiger partial charge >= 0.3 is 0 Å². The molecule has 21 heavy (non-hydrogen) atoms. The summed E-state index contributed by atoms with van der Waals surface area (Å²) in [6.07, 6.45) is 11.7. The van der Waals surface area contributed by atoms with Gasteiger partial charge in [-0.3, -0.25) is 0 Å². The summed E-state index contributed by atoms with van der Waals surface area (Å²) in [6, 6.07) is 11.0. The maximum Gasteiger partial charge on any atom is 0.134 e. The number of nitrogens with zero attached hydrogens (tertiary/aromatic N) is 1. The van der Waals surface area contributed by atoms with Gasteiger partial charge < -0.3 is 5.32 Å². The summed E-state index contributed by atoms with van der Waals surface area (Å²) in [5.74, 6) is 1.77. The molecule has 1 atom stereocenters. The number of fused-ring (bicyclic) bond motifs is 1. The van der Waals surface area contributed by atoms with Gasteiger partial charge in [-0.05, 0) is 36.6 Å². The average Bonchev–Trinajstić information content (AvgIpc) is 2.55. The van der Waals surface area contributed by atoms with E-state index in [1.54, 1.807) is 0 Å². The van der Waals surface area contributed by atoms with Crippen molar-refractivity contribution in [2.24, 2.45) is 5.92 Å². The molecule has 1 aliphatic carbocycles. The van der Waals surface area contributed by atoms with E-state index in [4.69, 9.17) is 0 Å². The van der Waals surface area contributed by atoms with Crippen LogP contribution in [0.2, 0.25) is 0 Å². The summed E-state index contributed by atoms with van der Waals surface area (Å²) < 4.78 is 0. The Kier molecular flexibility index (Phi) is 4.54. The van der Waals surface area contributed by atoms with Crippen molar-refractivity contribution in [3.8, 4) is 0 Å². The fraction of sp³-hybridized carbons (Fsp3) is 0.421. The normalized spacial score (nSPS) is 17.5. The van der Waals surface area contributed by atoms with Gasteiger partial charge in [0.25, 0.3) is 0 Å². The van der Waals surface area contributed by atoms with E-state index in [9.17, 15) is 0 Å². The zero-order valence-corrected chi connectivity index (χ0v) is 12.6. The minimum atomic E-state index is 0.459. The Balaban J connectivity index is 1.85. The zero-order valence-electron chi connectivity index (χ0n) is 12.6. The summed E-state index contributed by atoms with van der Waals surface area (Å²) in [7, 11) is 0. The number of hydrogen-bond donors (Lipinski definition) is 1. The van der Waals surface area contributed by atoms with Crippen LogP contribution in [0.1, 0.15) is 38.5 Å². The van der Waals surface area contributed by atoms with E-state index >= 15 is 0 Å². The van der Waals surface area contributed by atoms with Crippen LogP contribution in [0.4, 0.5) is 5.82 Å². The van der Waals surface area contributed by atoms with Crippen LogP contribution in [0.25, 0.3) is 10.8 Å². The number of pyridine rings is 1. The lowest BCUT2D eigenvalue weighted by Gasteiger charge is -2.31. The smallest absolute Gasteiger partial charge is 0.134 e. The van der Waals surface area contributed by atoms with E-state index in [0.29, 0.717) is 6.04 Å². The molecule has 0 aliphatic heterocycles. The highest BCUT2D eigenvalue weighted by atomic mass is 15.0. The fourth-order valence-corrected chi connectivity index (χ4v) is 3.50. The van der Waals surface area contributed by atoms with Crippen LogP contribution in [0.15, 0.2) is 49.2 Å². The average molecular weight is 280 g/mol. The highest BCUT2D eigenvalue weighted by molar-refractivity contribution is 5.91. The Labute approximate surface area is 127 Å². The zero-order chi connectivity index (χ0) is 14.5. The molecule has 1 aromatic carbocycles. The van der Waals surface area contributed by atoms with Crippen molar-refractivity contribution in [1.82, 2.24) is 4.98 Å². The van der Waals surface area contributed by atoms with Crippen LogP contribution in [0.3, 0.4) is 0 Å². The number of benzene rings is 1. The molecule has 2 aromatic rings. The first-order valence-corrected chi connectivity index (χ1v) is 8.09. The topological polar surface area (TPSA) is 24.9 Å². The molecule has 0 amide bonds. The second kappa shape index (κ2) is 6.75. The van der Waals surface area contributed by atoms with Crippen molar-refractivity contribution in [1.29, 1.82) is 0 Å². The fourth-order valence-electron chi connectivity index (χ4n) is 3.50. The molecule has 1 fully saturated rings. The lowest BCUT2D eigenvalue weighted by molar-refractivity contribution is 0.318. The molecule has 0 radical (unpaired) electrons. The molecular formula is C19H24N2. The molecule has 2 heteroatoms. The maximum atomic E-state index is 4.58. The summed E-state index contributed by atoms with van der Waals surface area (Å²) in [5, 5.41) is 6.17. The van der Waals surface area contributed by atoms with Gasteiger partial charge in [-0.2, -0.15) is 0 Å². The van der Waals surface area contributed by atoms with E-state index in [2.05, 4.69) is 47.2 Å². The summed E-state index contributed by atoms with van der Waals surface area (Å²) in [5.41, 5.74) is 0. The molecule has 1 saturated carbocycles. The van der Waals surface area contributed by atoms with Gasteiger partial charge in [0.05, 0.1) is 0 Å². The van der Waals surface area contributed by atoms with Crippen molar-refractivity contribution in [2.75, 3.05) is 5.32 Å². The Morgan fingerprint density at radius 3 is 2.81 bits per heavy atom. The number of aromatic nitrogens is 1. The SMILES string of the molecule is C=CCC(Nc1nccc2ccccc12)C1CCCCC1. The van der Waals surface area contributed by atoms with Crippen LogP contribution in [0, 0.1) is 5.92 Å². The van der Waals surface area contributed by atoms with E-state index in [1.165, 1.54) is 42.9 Å². The Bertz CT molecular complexity index is 594. The van der Waals surface area contributed by atoms with Crippen molar-refractivity contribution in [3.63, 3.8) is 0 Å². The molecule has 1 unspecified atom stereocenters. The number of nitrogens with one attached hydrogen (secondary N) is 1. The third-order valence-corrected chi connectivity index (χ3v) is 4.64. The molecule has 3 rings (SSSR count). The molecule has 2 nitrogen and oxygen atoms in total. The third kappa shape index (κ3) is 3.26. The van der Waals surface area contributed by atoms with Gasteiger partial charge in [-0.1, -0.05) is 49.6 Å². The monoisotopic (exact) mass is 280 g/mol. The Morgan fingerprint density at radius 1 is 1.19 bits per heavy atom. The second-order valence-electron chi connectivity index (χ2n) is 6.05. The van der Waals surface area contributed by atoms with Crippen LogP contribution >= 0.6 is 0 Å².